The van der Waals surface area contributed by atoms with Crippen molar-refractivity contribution in [3.63, 3.8) is 0 Å². The van der Waals surface area contributed by atoms with Gasteiger partial charge in [0.2, 0.25) is 0 Å². The molecule has 2 heterocycles. The van der Waals surface area contributed by atoms with Gasteiger partial charge in [0.25, 0.3) is 0 Å². The van der Waals surface area contributed by atoms with E-state index in [1.165, 1.54) is 12.1 Å². The standard InChI is InChI=1S/C17H14F2N6/c18-12-4-3-6-14(15(12)19)24-17(25-21)11-8-10(9-23-16(11)20)13-5-1-2-7-22-13/h1-9H,21H2,(H2,20,23)(H,24,25). The number of pyridine rings is 2. The lowest BCUT2D eigenvalue weighted by Crippen LogP contribution is -2.31. The average molecular weight is 340 g/mol. The number of rotatable bonds is 3. The highest BCUT2D eigenvalue weighted by atomic mass is 19.2. The number of nitrogens with zero attached hydrogens (tertiary/aromatic N) is 3. The van der Waals surface area contributed by atoms with E-state index in [9.17, 15) is 8.78 Å². The van der Waals surface area contributed by atoms with Gasteiger partial charge < -0.3 is 11.2 Å². The third-order valence-electron chi connectivity index (χ3n) is 3.43. The summed E-state index contributed by atoms with van der Waals surface area (Å²) in [4.78, 5) is 12.4. The zero-order chi connectivity index (χ0) is 17.8. The van der Waals surface area contributed by atoms with Gasteiger partial charge in [-0.1, -0.05) is 12.1 Å². The van der Waals surface area contributed by atoms with Gasteiger partial charge in [-0.25, -0.2) is 24.6 Å². The van der Waals surface area contributed by atoms with Crippen LogP contribution in [-0.4, -0.2) is 15.8 Å². The van der Waals surface area contributed by atoms with Crippen molar-refractivity contribution >= 4 is 17.3 Å². The van der Waals surface area contributed by atoms with Crippen molar-refractivity contribution in [2.24, 2.45) is 10.8 Å². The first-order valence-electron chi connectivity index (χ1n) is 7.26. The van der Waals surface area contributed by atoms with E-state index in [1.807, 2.05) is 6.07 Å². The molecule has 0 amide bonds. The maximum Gasteiger partial charge on any atom is 0.184 e. The molecule has 0 fully saturated rings. The fraction of sp³-hybridized carbons (Fsp3) is 0. The summed E-state index contributed by atoms with van der Waals surface area (Å²) in [7, 11) is 0. The summed E-state index contributed by atoms with van der Waals surface area (Å²) in [6.07, 6.45) is 3.20. The van der Waals surface area contributed by atoms with E-state index in [-0.39, 0.29) is 17.3 Å². The molecule has 5 N–H and O–H groups in total. The van der Waals surface area contributed by atoms with Gasteiger partial charge >= 0.3 is 0 Å². The van der Waals surface area contributed by atoms with Gasteiger partial charge in [0, 0.05) is 18.0 Å². The third-order valence-corrected chi connectivity index (χ3v) is 3.43. The number of hydrogen-bond donors (Lipinski definition) is 3. The molecular formula is C17H14F2N6. The Morgan fingerprint density at radius 2 is 1.92 bits per heavy atom. The van der Waals surface area contributed by atoms with Gasteiger partial charge in [-0.15, -0.1) is 0 Å². The normalized spacial score (nSPS) is 11.4. The van der Waals surface area contributed by atoms with E-state index in [0.717, 1.165) is 6.07 Å². The molecule has 6 nitrogen and oxygen atoms in total. The average Bonchev–Trinajstić information content (AvgIpc) is 2.64. The van der Waals surface area contributed by atoms with Crippen molar-refractivity contribution in [2.75, 3.05) is 5.73 Å². The minimum Gasteiger partial charge on any atom is -0.383 e. The minimum absolute atomic E-state index is 0.0484. The predicted octanol–water partition coefficient (Wildman–Crippen LogP) is 2.55. The highest BCUT2D eigenvalue weighted by Gasteiger charge is 2.13. The molecule has 0 aliphatic carbocycles. The van der Waals surface area contributed by atoms with Crippen LogP contribution < -0.4 is 17.0 Å². The lowest BCUT2D eigenvalue weighted by Gasteiger charge is -2.10. The van der Waals surface area contributed by atoms with E-state index in [4.69, 9.17) is 11.6 Å². The molecule has 25 heavy (non-hydrogen) atoms. The Bertz CT molecular complexity index is 928. The second-order valence-electron chi connectivity index (χ2n) is 5.05. The van der Waals surface area contributed by atoms with Crippen LogP contribution in [0.25, 0.3) is 11.3 Å². The number of nitrogens with one attached hydrogen (secondary N) is 1. The Hall–Kier alpha value is -3.39. The largest absolute Gasteiger partial charge is 0.383 e. The number of benzene rings is 1. The fourth-order valence-corrected chi connectivity index (χ4v) is 2.21. The summed E-state index contributed by atoms with van der Waals surface area (Å²) in [5.74, 6) is 3.59. The first-order chi connectivity index (χ1) is 12.1. The Labute approximate surface area is 142 Å². The smallest absolute Gasteiger partial charge is 0.184 e. The molecule has 0 bridgehead atoms. The molecule has 0 unspecified atom stereocenters. The Morgan fingerprint density at radius 3 is 2.64 bits per heavy atom. The molecule has 0 saturated heterocycles. The molecule has 8 heteroatoms. The number of aromatic nitrogens is 2. The van der Waals surface area contributed by atoms with Crippen molar-refractivity contribution in [3.8, 4) is 11.3 Å². The maximum absolute atomic E-state index is 13.9. The van der Waals surface area contributed by atoms with Crippen LogP contribution in [0.4, 0.5) is 20.3 Å². The molecular weight excluding hydrogens is 326 g/mol. The van der Waals surface area contributed by atoms with Crippen molar-refractivity contribution in [1.82, 2.24) is 15.4 Å². The monoisotopic (exact) mass is 340 g/mol. The Morgan fingerprint density at radius 1 is 1.08 bits per heavy atom. The second-order valence-corrected chi connectivity index (χ2v) is 5.05. The molecule has 0 atom stereocenters. The van der Waals surface area contributed by atoms with E-state index < -0.39 is 11.6 Å². The quantitative estimate of drug-likeness (QED) is 0.294. The van der Waals surface area contributed by atoms with Gasteiger partial charge in [-0.05, 0) is 30.3 Å². The summed E-state index contributed by atoms with van der Waals surface area (Å²) in [5, 5.41) is 0. The van der Waals surface area contributed by atoms with Gasteiger partial charge in [0.05, 0.1) is 11.3 Å². The Balaban J connectivity index is 2.09. The molecule has 0 aliphatic heterocycles. The summed E-state index contributed by atoms with van der Waals surface area (Å²) in [6.45, 7) is 0. The van der Waals surface area contributed by atoms with Gasteiger partial charge in [0.1, 0.15) is 11.5 Å². The van der Waals surface area contributed by atoms with Crippen molar-refractivity contribution < 1.29 is 8.78 Å². The van der Waals surface area contributed by atoms with E-state index in [2.05, 4.69) is 20.4 Å². The molecule has 3 aromatic rings. The predicted molar refractivity (Wildman–Crippen MR) is 91.8 cm³/mol. The fourth-order valence-electron chi connectivity index (χ4n) is 2.21. The molecule has 0 spiro atoms. The SMILES string of the molecule is NNC(=Nc1cccc(F)c1F)c1cc(-c2ccccn2)cnc1N. The summed E-state index contributed by atoms with van der Waals surface area (Å²) in [6, 6.07) is 10.8. The first kappa shape index (κ1) is 16.5. The van der Waals surface area contributed by atoms with Crippen LogP contribution in [0, 0.1) is 11.6 Å². The lowest BCUT2D eigenvalue weighted by atomic mass is 10.1. The second kappa shape index (κ2) is 7.02. The first-order valence-corrected chi connectivity index (χ1v) is 7.26. The number of hydrazine groups is 1. The van der Waals surface area contributed by atoms with Crippen molar-refractivity contribution in [1.29, 1.82) is 0 Å². The highest BCUT2D eigenvalue weighted by molar-refractivity contribution is 6.04. The third kappa shape index (κ3) is 3.43. The summed E-state index contributed by atoms with van der Waals surface area (Å²) >= 11 is 0. The topological polar surface area (TPSA) is 102 Å². The molecule has 1 aromatic carbocycles. The number of halogens is 2. The zero-order valence-corrected chi connectivity index (χ0v) is 12.9. The number of amidine groups is 1. The van der Waals surface area contributed by atoms with Crippen LogP contribution in [0.1, 0.15) is 5.56 Å². The van der Waals surface area contributed by atoms with E-state index >= 15 is 0 Å². The van der Waals surface area contributed by atoms with E-state index in [0.29, 0.717) is 16.8 Å². The lowest BCUT2D eigenvalue weighted by molar-refractivity contribution is 0.510. The van der Waals surface area contributed by atoms with Crippen molar-refractivity contribution in [3.05, 3.63) is 72.1 Å². The van der Waals surface area contributed by atoms with Crippen LogP contribution in [-0.2, 0) is 0 Å². The molecule has 0 radical (unpaired) electrons. The van der Waals surface area contributed by atoms with Crippen LogP contribution in [0.2, 0.25) is 0 Å². The van der Waals surface area contributed by atoms with Crippen molar-refractivity contribution in [2.45, 2.75) is 0 Å². The number of nitrogen functional groups attached to an aromatic ring is 1. The summed E-state index contributed by atoms with van der Waals surface area (Å²) in [5.41, 5.74) is 9.72. The molecule has 0 aliphatic rings. The molecule has 126 valence electrons. The maximum atomic E-state index is 13.9. The number of hydrogen-bond acceptors (Lipinski definition) is 5. The van der Waals surface area contributed by atoms with Crippen LogP contribution in [0.15, 0.2) is 59.9 Å². The van der Waals surface area contributed by atoms with Gasteiger partial charge in [-0.3, -0.25) is 4.98 Å². The van der Waals surface area contributed by atoms with Gasteiger partial charge in [-0.2, -0.15) is 0 Å². The molecule has 2 aromatic heterocycles. The van der Waals surface area contributed by atoms with Gasteiger partial charge in [0.15, 0.2) is 17.5 Å². The molecule has 3 rings (SSSR count). The zero-order valence-electron chi connectivity index (χ0n) is 12.9. The van der Waals surface area contributed by atoms with Crippen LogP contribution in [0.5, 0.6) is 0 Å². The minimum atomic E-state index is -1.08. The summed E-state index contributed by atoms with van der Waals surface area (Å²) < 4.78 is 27.2. The highest BCUT2D eigenvalue weighted by Crippen LogP contribution is 2.24. The number of nitrogens with two attached hydrogens (primary N) is 2. The number of anilines is 1. The van der Waals surface area contributed by atoms with Crippen LogP contribution in [0.3, 0.4) is 0 Å². The van der Waals surface area contributed by atoms with E-state index in [1.54, 1.807) is 30.6 Å². The number of aliphatic imine (C=N–C) groups is 1. The Kier molecular flexibility index (Phi) is 4.62. The van der Waals surface area contributed by atoms with Crippen LogP contribution >= 0.6 is 0 Å². The molecule has 0 saturated carbocycles.